The predicted octanol–water partition coefficient (Wildman–Crippen LogP) is 8.61. The minimum Gasteiger partial charge on any atom is -0.413 e. The summed E-state index contributed by atoms with van der Waals surface area (Å²) in [6, 6.07) is 0. The number of esters is 1. The first-order chi connectivity index (χ1) is 18.1. The Bertz CT molecular complexity index is 1080. The zero-order valence-corrected chi connectivity index (χ0v) is 19.0. The topological polar surface area (TPSA) is 26.3 Å². The number of alkyl halides is 25. The van der Waals surface area contributed by atoms with Crippen molar-refractivity contribution in [3.63, 3.8) is 0 Å². The molecule has 0 saturated carbocycles. The Labute approximate surface area is 217 Å². The molecule has 0 spiro atoms. The molecular formula is C16H5F25O2. The molecule has 0 N–H and O–H groups in total. The number of carbonyl (C=O) groups is 1. The van der Waals surface area contributed by atoms with E-state index in [0.717, 1.165) is 0 Å². The van der Waals surface area contributed by atoms with Crippen LogP contribution in [-0.4, -0.2) is 77.5 Å². The second-order valence-corrected chi connectivity index (χ2v) is 7.93. The molecule has 0 aliphatic rings. The first-order valence-electron chi connectivity index (χ1n) is 9.19. The third kappa shape index (κ3) is 4.98. The molecule has 0 rings (SSSR count). The number of carbonyl (C=O) groups excluding carboxylic acids is 1. The second kappa shape index (κ2) is 9.98. The maximum atomic E-state index is 14.6. The summed E-state index contributed by atoms with van der Waals surface area (Å²) in [6.45, 7) is 2.02. The van der Waals surface area contributed by atoms with Gasteiger partial charge in [-0.05, 0) is 6.92 Å². The standard InChI is InChI=1S/C16H5F25O2/c1-3(2)4(42)43-14(35,11(29,30)13(33,34)16(39,40)41)10(27,28)8(23,24)6(19,20)5(17,18)7(21,22)9(25,26)12(31,32)15(36,37)38/h1H2,2H3. The van der Waals surface area contributed by atoms with Crippen molar-refractivity contribution in [2.24, 2.45) is 0 Å². The Balaban J connectivity index is 7.84. The maximum Gasteiger partial charge on any atom is 0.460 e. The van der Waals surface area contributed by atoms with E-state index in [0.29, 0.717) is 0 Å². The van der Waals surface area contributed by atoms with Gasteiger partial charge in [0.05, 0.1) is 0 Å². The zero-order chi connectivity index (χ0) is 35.9. The lowest BCUT2D eigenvalue weighted by molar-refractivity contribution is -0.492. The van der Waals surface area contributed by atoms with Crippen molar-refractivity contribution >= 4 is 5.97 Å². The van der Waals surface area contributed by atoms with Crippen molar-refractivity contribution in [1.29, 1.82) is 0 Å². The van der Waals surface area contributed by atoms with E-state index in [2.05, 4.69) is 6.58 Å². The zero-order valence-electron chi connectivity index (χ0n) is 19.0. The maximum absolute atomic E-state index is 14.6. The van der Waals surface area contributed by atoms with E-state index in [9.17, 15) is 115 Å². The van der Waals surface area contributed by atoms with Gasteiger partial charge in [-0.25, -0.2) is 4.79 Å². The summed E-state index contributed by atoms with van der Waals surface area (Å²) in [6.07, 6.45) is -16.4. The molecule has 0 saturated heterocycles. The molecular weight excluding hydrogens is 699 g/mol. The first kappa shape index (κ1) is 40.5. The monoisotopic (exact) mass is 704 g/mol. The van der Waals surface area contributed by atoms with Gasteiger partial charge >= 0.3 is 77.5 Å². The number of rotatable bonds is 11. The van der Waals surface area contributed by atoms with E-state index in [1.165, 1.54) is 0 Å². The average Bonchev–Trinajstić information content (AvgIpc) is 2.75. The fourth-order valence-corrected chi connectivity index (χ4v) is 2.29. The summed E-state index contributed by atoms with van der Waals surface area (Å²) >= 11 is 0. The van der Waals surface area contributed by atoms with Gasteiger partial charge in [0, 0.05) is 5.57 Å². The van der Waals surface area contributed by atoms with Crippen LogP contribution in [0, 0.1) is 0 Å². The fraction of sp³-hybridized carbons (Fsp3) is 0.812. The Kier molecular flexibility index (Phi) is 9.39. The minimum absolute atomic E-state index is 0.106. The smallest absolute Gasteiger partial charge is 0.413 e. The summed E-state index contributed by atoms with van der Waals surface area (Å²) in [5, 5.41) is 0. The molecule has 0 radical (unpaired) electrons. The van der Waals surface area contributed by atoms with Crippen LogP contribution in [0.5, 0.6) is 0 Å². The molecule has 0 bridgehead atoms. The highest BCUT2D eigenvalue weighted by atomic mass is 19.4. The molecule has 2 nitrogen and oxygen atoms in total. The molecule has 43 heavy (non-hydrogen) atoms. The van der Waals surface area contributed by atoms with E-state index >= 15 is 0 Å². The van der Waals surface area contributed by atoms with Gasteiger partial charge < -0.3 is 4.74 Å². The number of halogens is 25. The van der Waals surface area contributed by atoms with Crippen molar-refractivity contribution in [2.45, 2.75) is 78.4 Å². The van der Waals surface area contributed by atoms with Crippen molar-refractivity contribution < 1.29 is 119 Å². The molecule has 0 aromatic carbocycles. The SMILES string of the molecule is C=C(C)C(=O)OC(F)(C(F)(F)C(F)(F)C(F)(F)F)C(F)(F)C(F)(F)C(F)(F)C(F)(F)C(F)(F)C(F)(F)C(F)(F)C(F)(F)F. The summed E-state index contributed by atoms with van der Waals surface area (Å²) in [5.41, 5.74) is -1.98. The van der Waals surface area contributed by atoms with Gasteiger partial charge in [0.15, 0.2) is 0 Å². The molecule has 0 aromatic heterocycles. The molecule has 0 heterocycles. The van der Waals surface area contributed by atoms with Crippen LogP contribution in [0.1, 0.15) is 6.92 Å². The second-order valence-electron chi connectivity index (χ2n) is 7.93. The lowest BCUT2D eigenvalue weighted by Gasteiger charge is -2.46. The molecule has 0 aliphatic heterocycles. The molecule has 0 amide bonds. The van der Waals surface area contributed by atoms with E-state index in [-0.39, 0.29) is 6.92 Å². The fourth-order valence-electron chi connectivity index (χ4n) is 2.29. The normalized spacial score (nSPS) is 17.4. The molecule has 256 valence electrons. The van der Waals surface area contributed by atoms with Crippen LogP contribution in [0.25, 0.3) is 0 Å². The minimum atomic E-state index is -9.64. The highest BCUT2D eigenvalue weighted by Gasteiger charge is 3.00. The summed E-state index contributed by atoms with van der Waals surface area (Å²) in [4.78, 5) is 11.2. The number of hydrogen-bond acceptors (Lipinski definition) is 2. The van der Waals surface area contributed by atoms with Crippen molar-refractivity contribution in [2.75, 3.05) is 0 Å². The third-order valence-corrected chi connectivity index (χ3v) is 4.86. The predicted molar refractivity (Wildman–Crippen MR) is 81.4 cm³/mol. The van der Waals surface area contributed by atoms with Crippen LogP contribution < -0.4 is 0 Å². The van der Waals surface area contributed by atoms with Crippen LogP contribution in [-0.2, 0) is 9.53 Å². The van der Waals surface area contributed by atoms with Gasteiger partial charge in [-0.3, -0.25) is 0 Å². The van der Waals surface area contributed by atoms with Crippen molar-refractivity contribution in [3.8, 4) is 0 Å². The van der Waals surface area contributed by atoms with Crippen molar-refractivity contribution in [1.82, 2.24) is 0 Å². The van der Waals surface area contributed by atoms with Gasteiger partial charge in [0.1, 0.15) is 0 Å². The lowest BCUT2D eigenvalue weighted by Crippen LogP contribution is -2.79. The van der Waals surface area contributed by atoms with E-state index < -0.39 is 83.1 Å². The summed E-state index contributed by atoms with van der Waals surface area (Å²) < 4.78 is 334. The third-order valence-electron chi connectivity index (χ3n) is 4.86. The van der Waals surface area contributed by atoms with Gasteiger partial charge in [-0.1, -0.05) is 6.58 Å². The van der Waals surface area contributed by atoms with Gasteiger partial charge in [-0.15, -0.1) is 0 Å². The van der Waals surface area contributed by atoms with Crippen LogP contribution in [0.2, 0.25) is 0 Å². The van der Waals surface area contributed by atoms with E-state index in [4.69, 9.17) is 0 Å². The largest absolute Gasteiger partial charge is 0.460 e. The molecule has 1 unspecified atom stereocenters. The summed E-state index contributed by atoms with van der Waals surface area (Å²) in [7, 11) is 0. The highest BCUT2D eigenvalue weighted by Crippen LogP contribution is 2.67. The highest BCUT2D eigenvalue weighted by molar-refractivity contribution is 5.87. The quantitative estimate of drug-likeness (QED) is 0.122. The first-order valence-corrected chi connectivity index (χ1v) is 9.19. The Morgan fingerprint density at radius 1 is 0.395 bits per heavy atom. The molecule has 0 aliphatic carbocycles. The lowest BCUT2D eigenvalue weighted by atomic mass is 9.84. The van der Waals surface area contributed by atoms with Gasteiger partial charge in [-0.2, -0.15) is 110 Å². The Morgan fingerprint density at radius 3 is 0.814 bits per heavy atom. The summed E-state index contributed by atoms with van der Waals surface area (Å²) in [5.74, 6) is -95.4. The van der Waals surface area contributed by atoms with Gasteiger partial charge in [0.25, 0.3) is 0 Å². The number of hydrogen-bond donors (Lipinski definition) is 0. The Morgan fingerprint density at radius 2 is 0.581 bits per heavy atom. The molecule has 27 heteroatoms. The van der Waals surface area contributed by atoms with Crippen LogP contribution in [0.4, 0.5) is 110 Å². The average molecular weight is 704 g/mol. The molecule has 0 aromatic rings. The molecule has 0 fully saturated rings. The Hall–Kier alpha value is -2.54. The van der Waals surface area contributed by atoms with Crippen LogP contribution in [0.3, 0.4) is 0 Å². The van der Waals surface area contributed by atoms with Crippen LogP contribution in [0.15, 0.2) is 12.2 Å². The van der Waals surface area contributed by atoms with Gasteiger partial charge in [0.2, 0.25) is 0 Å². The van der Waals surface area contributed by atoms with Crippen molar-refractivity contribution in [3.05, 3.63) is 12.2 Å². The van der Waals surface area contributed by atoms with Crippen LogP contribution >= 0.6 is 0 Å². The molecule has 1 atom stereocenters. The van der Waals surface area contributed by atoms with E-state index in [1.54, 1.807) is 0 Å². The number of ether oxygens (including phenoxy) is 1. The van der Waals surface area contributed by atoms with E-state index in [1.807, 2.05) is 4.74 Å².